The number of nitrogens with one attached hydrogen (secondary N) is 1. The number of aromatic nitrogens is 2. The van der Waals surface area contributed by atoms with Gasteiger partial charge >= 0.3 is 5.97 Å². The molecule has 0 fully saturated rings. The van der Waals surface area contributed by atoms with E-state index in [1.165, 1.54) is 18.3 Å². The van der Waals surface area contributed by atoms with Crippen LogP contribution in [0.1, 0.15) is 10.4 Å². The Morgan fingerprint density at radius 2 is 2.00 bits per heavy atom. The zero-order chi connectivity index (χ0) is 15.7. The van der Waals surface area contributed by atoms with Crippen LogP contribution in [-0.2, 0) is 0 Å². The lowest BCUT2D eigenvalue weighted by Gasteiger charge is -2.10. The Kier molecular flexibility index (Phi) is 3.23. The third kappa shape index (κ3) is 2.35. The molecule has 2 heterocycles. The number of nitrogens with zero attached hydrogens (tertiary/aromatic N) is 2. The quantitative estimate of drug-likeness (QED) is 0.681. The number of carboxylic acids is 1. The summed E-state index contributed by atoms with van der Waals surface area (Å²) in [6.45, 7) is 0. The smallest absolute Gasteiger partial charge is 0.345 e. The van der Waals surface area contributed by atoms with Crippen molar-refractivity contribution < 1.29 is 15.0 Å². The van der Waals surface area contributed by atoms with Gasteiger partial charge in [-0.1, -0.05) is 12.1 Å². The van der Waals surface area contributed by atoms with Crippen LogP contribution in [0.15, 0.2) is 53.5 Å². The van der Waals surface area contributed by atoms with Crippen molar-refractivity contribution in [1.29, 1.82) is 0 Å². The summed E-state index contributed by atoms with van der Waals surface area (Å²) < 4.78 is 1.16. The molecular formula is C15H11N3O4. The van der Waals surface area contributed by atoms with E-state index in [0.29, 0.717) is 11.3 Å². The number of carboxylic acid groups (broad SMARTS) is 1. The van der Waals surface area contributed by atoms with Gasteiger partial charge in [0, 0.05) is 18.0 Å². The van der Waals surface area contributed by atoms with Gasteiger partial charge in [0.25, 0.3) is 5.56 Å². The van der Waals surface area contributed by atoms with Crippen LogP contribution >= 0.6 is 0 Å². The van der Waals surface area contributed by atoms with Crippen molar-refractivity contribution in [2.75, 3.05) is 5.32 Å². The minimum absolute atomic E-state index is 0.0133. The third-order valence-corrected chi connectivity index (χ3v) is 3.06. The average molecular weight is 297 g/mol. The number of hydrogen-bond donors (Lipinski definition) is 3. The van der Waals surface area contributed by atoms with E-state index in [1.54, 1.807) is 30.3 Å². The number of phenols is 1. The van der Waals surface area contributed by atoms with Gasteiger partial charge in [0.2, 0.25) is 0 Å². The molecule has 1 aromatic carbocycles. The monoisotopic (exact) mass is 297 g/mol. The molecule has 0 saturated carbocycles. The number of hydrogen-bond acceptors (Lipinski definition) is 5. The number of rotatable bonds is 3. The molecule has 2 aromatic heterocycles. The number of aromatic hydroxyl groups is 1. The van der Waals surface area contributed by atoms with Crippen molar-refractivity contribution in [3.8, 4) is 5.75 Å². The highest BCUT2D eigenvalue weighted by molar-refractivity contribution is 5.94. The maximum absolute atomic E-state index is 12.3. The third-order valence-electron chi connectivity index (χ3n) is 3.06. The molecule has 22 heavy (non-hydrogen) atoms. The molecule has 0 atom stereocenters. The first-order valence-corrected chi connectivity index (χ1v) is 6.37. The summed E-state index contributed by atoms with van der Waals surface area (Å²) in [5.74, 6) is -1.44. The molecule has 3 aromatic rings. The average Bonchev–Trinajstić information content (AvgIpc) is 2.47. The molecule has 0 spiro atoms. The number of phenolic OH excluding ortho intramolecular Hbond substituents is 1. The molecule has 7 heteroatoms. The second-order valence-corrected chi connectivity index (χ2v) is 4.55. The van der Waals surface area contributed by atoms with Gasteiger partial charge in [0.15, 0.2) is 11.4 Å². The van der Waals surface area contributed by atoms with E-state index >= 15 is 0 Å². The summed E-state index contributed by atoms with van der Waals surface area (Å²) in [5.41, 5.74) is -0.400. The normalized spacial score (nSPS) is 10.5. The summed E-state index contributed by atoms with van der Waals surface area (Å²) in [7, 11) is 0. The Bertz CT molecular complexity index is 933. The Labute approximate surface area is 124 Å². The Balaban J connectivity index is 2.21. The van der Waals surface area contributed by atoms with Gasteiger partial charge in [0.1, 0.15) is 11.4 Å². The summed E-state index contributed by atoms with van der Waals surface area (Å²) in [6, 6.07) is 11.0. The van der Waals surface area contributed by atoms with Crippen molar-refractivity contribution in [3.05, 3.63) is 64.6 Å². The first-order valence-electron chi connectivity index (χ1n) is 6.37. The van der Waals surface area contributed by atoms with Crippen LogP contribution in [0.4, 0.5) is 11.5 Å². The minimum atomic E-state index is -1.38. The lowest BCUT2D eigenvalue weighted by Crippen LogP contribution is -2.25. The molecule has 3 rings (SSSR count). The molecule has 3 N–H and O–H groups in total. The largest absolute Gasteiger partial charge is 0.508 e. The predicted molar refractivity (Wildman–Crippen MR) is 79.8 cm³/mol. The molecule has 0 unspecified atom stereocenters. The van der Waals surface area contributed by atoms with Gasteiger partial charge in [-0.05, 0) is 24.3 Å². The van der Waals surface area contributed by atoms with Crippen LogP contribution in [0.3, 0.4) is 0 Å². The number of anilines is 2. The van der Waals surface area contributed by atoms with E-state index in [2.05, 4.69) is 10.3 Å². The molecule has 110 valence electrons. The fourth-order valence-electron chi connectivity index (χ4n) is 2.09. The Morgan fingerprint density at radius 1 is 1.18 bits per heavy atom. The minimum Gasteiger partial charge on any atom is -0.508 e. The van der Waals surface area contributed by atoms with Crippen molar-refractivity contribution in [2.24, 2.45) is 0 Å². The van der Waals surface area contributed by atoms with Crippen molar-refractivity contribution in [2.45, 2.75) is 0 Å². The zero-order valence-electron chi connectivity index (χ0n) is 11.2. The highest BCUT2D eigenvalue weighted by Crippen LogP contribution is 2.21. The van der Waals surface area contributed by atoms with Crippen LogP contribution in [-0.4, -0.2) is 25.6 Å². The maximum atomic E-state index is 12.3. The predicted octanol–water partition coefficient (Wildman–Crippen LogP) is 1.84. The van der Waals surface area contributed by atoms with Crippen molar-refractivity contribution in [3.63, 3.8) is 0 Å². The molecule has 0 bridgehead atoms. The number of pyridine rings is 1. The standard InChI is InChI=1S/C15H11N3O4/c19-10-5-3-4-9(8-10)16-13-12(15(21)22)14(20)18-7-2-1-6-11(18)17-13/h1-8,16,19H,(H,21,22). The lowest BCUT2D eigenvalue weighted by molar-refractivity contribution is 0.0695. The number of carbonyl (C=O) groups is 1. The van der Waals surface area contributed by atoms with E-state index in [-0.39, 0.29) is 11.6 Å². The highest BCUT2D eigenvalue weighted by Gasteiger charge is 2.19. The molecular weight excluding hydrogens is 286 g/mol. The van der Waals surface area contributed by atoms with Crippen LogP contribution in [0.5, 0.6) is 5.75 Å². The zero-order valence-corrected chi connectivity index (χ0v) is 11.2. The highest BCUT2D eigenvalue weighted by atomic mass is 16.4. The van der Waals surface area contributed by atoms with E-state index in [9.17, 15) is 19.8 Å². The molecule has 0 amide bonds. The summed E-state index contributed by atoms with van der Waals surface area (Å²) in [5, 5.41) is 21.5. The first-order chi connectivity index (χ1) is 10.6. The van der Waals surface area contributed by atoms with E-state index in [1.807, 2.05) is 0 Å². The van der Waals surface area contributed by atoms with Crippen molar-refractivity contribution in [1.82, 2.24) is 9.38 Å². The molecule has 7 nitrogen and oxygen atoms in total. The second kappa shape index (κ2) is 5.21. The van der Waals surface area contributed by atoms with Crippen LogP contribution < -0.4 is 10.9 Å². The van der Waals surface area contributed by atoms with Crippen molar-refractivity contribution >= 4 is 23.1 Å². The van der Waals surface area contributed by atoms with Crippen LogP contribution in [0.2, 0.25) is 0 Å². The summed E-state index contributed by atoms with van der Waals surface area (Å²) in [6.07, 6.45) is 1.45. The maximum Gasteiger partial charge on any atom is 0.345 e. The van der Waals surface area contributed by atoms with Gasteiger partial charge < -0.3 is 15.5 Å². The molecule has 0 radical (unpaired) electrons. The van der Waals surface area contributed by atoms with Crippen LogP contribution in [0.25, 0.3) is 5.65 Å². The van der Waals surface area contributed by atoms with Crippen LogP contribution in [0, 0.1) is 0 Å². The Hall–Kier alpha value is -3.35. The topological polar surface area (TPSA) is 104 Å². The molecule has 0 saturated heterocycles. The summed E-state index contributed by atoms with van der Waals surface area (Å²) in [4.78, 5) is 27.9. The SMILES string of the molecule is O=C(O)c1c(Nc2cccc(O)c2)nc2ccccn2c1=O. The fourth-order valence-corrected chi connectivity index (χ4v) is 2.09. The number of benzene rings is 1. The number of fused-ring (bicyclic) bond motifs is 1. The lowest BCUT2D eigenvalue weighted by atomic mass is 10.2. The first kappa shape index (κ1) is 13.6. The van der Waals surface area contributed by atoms with Gasteiger partial charge in [-0.3, -0.25) is 9.20 Å². The van der Waals surface area contributed by atoms with Gasteiger partial charge in [0.05, 0.1) is 0 Å². The van der Waals surface area contributed by atoms with Gasteiger partial charge in [-0.15, -0.1) is 0 Å². The van der Waals surface area contributed by atoms with E-state index < -0.39 is 17.1 Å². The van der Waals surface area contributed by atoms with E-state index in [4.69, 9.17) is 0 Å². The molecule has 0 aliphatic rings. The Morgan fingerprint density at radius 3 is 2.73 bits per heavy atom. The van der Waals surface area contributed by atoms with E-state index in [0.717, 1.165) is 4.40 Å². The molecule has 0 aliphatic carbocycles. The summed E-state index contributed by atoms with van der Waals surface area (Å²) >= 11 is 0. The number of aromatic carboxylic acids is 1. The fraction of sp³-hybridized carbons (Fsp3) is 0. The van der Waals surface area contributed by atoms with Gasteiger partial charge in [-0.25, -0.2) is 9.78 Å². The molecule has 0 aliphatic heterocycles. The second-order valence-electron chi connectivity index (χ2n) is 4.55. The van der Waals surface area contributed by atoms with Gasteiger partial charge in [-0.2, -0.15) is 0 Å².